The molecule has 1 N–H and O–H groups in total. The van der Waals surface area contributed by atoms with Crippen molar-refractivity contribution in [3.63, 3.8) is 0 Å². The van der Waals surface area contributed by atoms with Crippen LogP contribution in [0.15, 0.2) is 68.5 Å². The average Bonchev–Trinajstić information content (AvgIpc) is 3.48. The SMILES string of the molecule is CC(C)[C@](C)(C#N)NC(=O)CSc1nc2scc(-c3ccco3)c2c(=O)n1-c1ccccc1. The predicted molar refractivity (Wildman–Crippen MR) is 131 cm³/mol. The summed E-state index contributed by atoms with van der Waals surface area (Å²) in [6, 6.07) is 15.0. The van der Waals surface area contributed by atoms with Gasteiger partial charge in [0.2, 0.25) is 5.91 Å². The van der Waals surface area contributed by atoms with E-state index < -0.39 is 5.54 Å². The van der Waals surface area contributed by atoms with Crippen LogP contribution in [0.5, 0.6) is 0 Å². The van der Waals surface area contributed by atoms with Crippen molar-refractivity contribution in [1.29, 1.82) is 5.26 Å². The number of fused-ring (bicyclic) bond motifs is 1. The fourth-order valence-corrected chi connectivity index (χ4v) is 5.03. The van der Waals surface area contributed by atoms with Gasteiger partial charge in [-0.2, -0.15) is 5.26 Å². The van der Waals surface area contributed by atoms with E-state index in [2.05, 4.69) is 11.4 Å². The largest absolute Gasteiger partial charge is 0.464 e. The standard InChI is InChI=1S/C24H22N4O3S2/c1-15(2)24(3,14-25)27-19(29)13-33-23-26-21-20(17(12-32-21)18-10-7-11-31-18)22(30)28(23)16-8-5-4-6-9-16/h4-12,15H,13H2,1-3H3,(H,27,29)/t24-/m0/s1. The van der Waals surface area contributed by atoms with Gasteiger partial charge in [-0.15, -0.1) is 11.3 Å². The van der Waals surface area contributed by atoms with Gasteiger partial charge in [0, 0.05) is 10.9 Å². The minimum Gasteiger partial charge on any atom is -0.464 e. The molecule has 0 radical (unpaired) electrons. The van der Waals surface area contributed by atoms with Crippen LogP contribution in [0.1, 0.15) is 20.8 Å². The Balaban J connectivity index is 1.75. The second kappa shape index (κ2) is 9.25. The van der Waals surface area contributed by atoms with Crippen LogP contribution in [0.4, 0.5) is 0 Å². The maximum atomic E-state index is 13.7. The van der Waals surface area contributed by atoms with E-state index >= 15 is 0 Å². The lowest BCUT2D eigenvalue weighted by atomic mass is 9.90. The first-order valence-electron chi connectivity index (χ1n) is 10.3. The van der Waals surface area contributed by atoms with Crippen LogP contribution in [0.3, 0.4) is 0 Å². The number of thiophene rings is 1. The second-order valence-electron chi connectivity index (χ2n) is 7.98. The van der Waals surface area contributed by atoms with Gasteiger partial charge in [-0.3, -0.25) is 14.2 Å². The van der Waals surface area contributed by atoms with Crippen molar-refractivity contribution in [3.05, 3.63) is 64.5 Å². The first-order chi connectivity index (χ1) is 15.8. The summed E-state index contributed by atoms with van der Waals surface area (Å²) in [5, 5.41) is 15.0. The molecule has 0 fully saturated rings. The van der Waals surface area contributed by atoms with E-state index in [0.717, 1.165) is 11.8 Å². The molecule has 9 heteroatoms. The lowest BCUT2D eigenvalue weighted by Gasteiger charge is -2.27. The van der Waals surface area contributed by atoms with Crippen LogP contribution < -0.4 is 10.9 Å². The molecule has 0 saturated carbocycles. The highest BCUT2D eigenvalue weighted by Crippen LogP contribution is 2.33. The van der Waals surface area contributed by atoms with Crippen LogP contribution in [0.2, 0.25) is 0 Å². The Labute approximate surface area is 199 Å². The summed E-state index contributed by atoms with van der Waals surface area (Å²) >= 11 is 2.52. The number of benzene rings is 1. The third-order valence-corrected chi connectivity index (χ3v) is 7.31. The molecule has 0 aliphatic carbocycles. The number of aromatic nitrogens is 2. The molecule has 168 valence electrons. The monoisotopic (exact) mass is 478 g/mol. The Bertz CT molecular complexity index is 1390. The van der Waals surface area contributed by atoms with Gasteiger partial charge in [-0.1, -0.05) is 43.8 Å². The van der Waals surface area contributed by atoms with Gasteiger partial charge in [-0.25, -0.2) is 4.98 Å². The first kappa shape index (κ1) is 22.8. The number of carbonyl (C=O) groups is 1. The minimum absolute atomic E-state index is 0.0190. The van der Waals surface area contributed by atoms with E-state index in [9.17, 15) is 14.9 Å². The Kier molecular flexibility index (Phi) is 6.40. The molecule has 1 aromatic carbocycles. The predicted octanol–water partition coefficient (Wildman–Crippen LogP) is 4.85. The summed E-state index contributed by atoms with van der Waals surface area (Å²) in [6.45, 7) is 5.46. The van der Waals surface area contributed by atoms with E-state index in [1.165, 1.54) is 15.9 Å². The molecule has 0 aliphatic heterocycles. The lowest BCUT2D eigenvalue weighted by molar-refractivity contribution is -0.120. The van der Waals surface area contributed by atoms with Crippen LogP contribution in [-0.4, -0.2) is 26.8 Å². The summed E-state index contributed by atoms with van der Waals surface area (Å²) in [5.41, 5.74) is 0.143. The number of carbonyl (C=O) groups excluding carboxylic acids is 1. The highest BCUT2D eigenvalue weighted by molar-refractivity contribution is 7.99. The molecule has 4 aromatic rings. The molecule has 0 aliphatic rings. The van der Waals surface area contributed by atoms with Gasteiger partial charge >= 0.3 is 0 Å². The van der Waals surface area contributed by atoms with Gasteiger partial charge in [0.25, 0.3) is 5.56 Å². The molecule has 7 nitrogen and oxygen atoms in total. The molecule has 3 heterocycles. The highest BCUT2D eigenvalue weighted by Gasteiger charge is 2.30. The Morgan fingerprint density at radius 1 is 1.30 bits per heavy atom. The number of nitrogens with zero attached hydrogens (tertiary/aromatic N) is 3. The summed E-state index contributed by atoms with van der Waals surface area (Å²) in [5.74, 6) is 0.267. The second-order valence-corrected chi connectivity index (χ2v) is 9.78. The molecule has 1 amide bonds. The Morgan fingerprint density at radius 3 is 2.70 bits per heavy atom. The topological polar surface area (TPSA) is 101 Å². The summed E-state index contributed by atoms with van der Waals surface area (Å²) in [4.78, 5) is 31.6. The molecule has 0 spiro atoms. The van der Waals surface area contributed by atoms with Gasteiger partial charge in [0.1, 0.15) is 16.1 Å². The molecule has 0 bridgehead atoms. The van der Waals surface area contributed by atoms with Gasteiger partial charge in [0.15, 0.2) is 5.16 Å². The van der Waals surface area contributed by atoms with Crippen LogP contribution >= 0.6 is 23.1 Å². The zero-order valence-corrected chi connectivity index (χ0v) is 20.0. The lowest BCUT2D eigenvalue weighted by Crippen LogP contribution is -2.49. The number of hydrogen-bond acceptors (Lipinski definition) is 7. The highest BCUT2D eigenvalue weighted by atomic mass is 32.2. The van der Waals surface area contributed by atoms with E-state index in [1.807, 2.05) is 55.6 Å². The van der Waals surface area contributed by atoms with Gasteiger partial charge in [0.05, 0.1) is 29.2 Å². The Morgan fingerprint density at radius 2 is 2.06 bits per heavy atom. The third kappa shape index (κ3) is 4.45. The zero-order chi connectivity index (χ0) is 23.6. The maximum absolute atomic E-state index is 13.7. The Hall–Kier alpha value is -3.35. The van der Waals surface area contributed by atoms with E-state index in [0.29, 0.717) is 32.4 Å². The van der Waals surface area contributed by atoms with Crippen molar-refractivity contribution in [2.24, 2.45) is 5.92 Å². The van der Waals surface area contributed by atoms with Crippen molar-refractivity contribution in [2.45, 2.75) is 31.5 Å². The summed E-state index contributed by atoms with van der Waals surface area (Å²) < 4.78 is 7.04. The first-order valence-corrected chi connectivity index (χ1v) is 12.2. The molecular formula is C24H22N4O3S2. The number of amides is 1. The molecule has 4 rings (SSSR count). The smallest absolute Gasteiger partial charge is 0.268 e. The number of nitrogens with one attached hydrogen (secondary N) is 1. The molecule has 33 heavy (non-hydrogen) atoms. The third-order valence-electron chi connectivity index (χ3n) is 5.50. The number of nitriles is 1. The minimum atomic E-state index is -0.972. The molecular weight excluding hydrogens is 456 g/mol. The fourth-order valence-electron chi connectivity index (χ4n) is 3.24. The fraction of sp³-hybridized carbons (Fsp3) is 0.250. The van der Waals surface area contributed by atoms with Crippen molar-refractivity contribution in [1.82, 2.24) is 14.9 Å². The van der Waals surface area contributed by atoms with Gasteiger partial charge < -0.3 is 9.73 Å². The average molecular weight is 479 g/mol. The van der Waals surface area contributed by atoms with Crippen molar-refractivity contribution >= 4 is 39.2 Å². The number of para-hydroxylation sites is 1. The number of hydrogen-bond donors (Lipinski definition) is 1. The number of furan rings is 1. The normalized spacial score (nSPS) is 13.1. The molecule has 0 unspecified atom stereocenters. The summed E-state index contributed by atoms with van der Waals surface area (Å²) in [6.07, 6.45) is 1.57. The van der Waals surface area contributed by atoms with Crippen molar-refractivity contribution in [3.8, 4) is 23.1 Å². The molecule has 3 aromatic heterocycles. The van der Waals surface area contributed by atoms with E-state index in [4.69, 9.17) is 9.40 Å². The quantitative estimate of drug-likeness (QED) is 0.301. The van der Waals surface area contributed by atoms with Crippen LogP contribution in [0.25, 0.3) is 27.2 Å². The summed E-state index contributed by atoms with van der Waals surface area (Å²) in [7, 11) is 0. The number of thioether (sulfide) groups is 1. The number of rotatable bonds is 7. The maximum Gasteiger partial charge on any atom is 0.268 e. The van der Waals surface area contributed by atoms with Crippen molar-refractivity contribution < 1.29 is 9.21 Å². The van der Waals surface area contributed by atoms with Crippen LogP contribution in [-0.2, 0) is 4.79 Å². The van der Waals surface area contributed by atoms with Gasteiger partial charge in [-0.05, 0) is 37.1 Å². The molecule has 0 saturated heterocycles. The van der Waals surface area contributed by atoms with E-state index in [1.54, 1.807) is 19.3 Å². The molecule has 1 atom stereocenters. The zero-order valence-electron chi connectivity index (χ0n) is 18.4. The van der Waals surface area contributed by atoms with Crippen LogP contribution in [0, 0.1) is 17.2 Å². The van der Waals surface area contributed by atoms with Crippen molar-refractivity contribution in [2.75, 3.05) is 5.75 Å². The van der Waals surface area contributed by atoms with E-state index in [-0.39, 0.29) is 23.1 Å².